The molecule has 0 unspecified atom stereocenters. The Balaban J connectivity index is 0.000000281. The summed E-state index contributed by atoms with van der Waals surface area (Å²) in [7, 11) is 3.15. The summed E-state index contributed by atoms with van der Waals surface area (Å²) in [5.41, 5.74) is 3.54. The van der Waals surface area contributed by atoms with E-state index in [0.717, 1.165) is 24.0 Å². The van der Waals surface area contributed by atoms with Crippen LogP contribution in [0.15, 0.2) is 170 Å². The van der Waals surface area contributed by atoms with E-state index in [0.29, 0.717) is 51.9 Å². The summed E-state index contributed by atoms with van der Waals surface area (Å²) in [5.74, 6) is -1.65. The van der Waals surface area contributed by atoms with Gasteiger partial charge < -0.3 is 55.2 Å². The second-order valence-electron chi connectivity index (χ2n) is 20.3. The van der Waals surface area contributed by atoms with Crippen molar-refractivity contribution < 1.29 is 67.5 Å². The average molecular weight is 1140 g/mol. The van der Waals surface area contributed by atoms with Crippen molar-refractivity contribution in [1.82, 2.24) is 10.6 Å². The average Bonchev–Trinajstić information content (AvgIpc) is 3.65. The van der Waals surface area contributed by atoms with Gasteiger partial charge in [-0.15, -0.1) is 0 Å². The summed E-state index contributed by atoms with van der Waals surface area (Å²) in [4.78, 5) is 88.2. The number of carboxylic acids is 1. The lowest BCUT2D eigenvalue weighted by Crippen LogP contribution is -2.38. The third-order valence-corrected chi connectivity index (χ3v) is 12.6. The van der Waals surface area contributed by atoms with E-state index in [2.05, 4.69) is 28.2 Å². The minimum atomic E-state index is -1.36. The Morgan fingerprint density at radius 3 is 1.36 bits per heavy atom. The molecule has 4 amide bonds. The highest BCUT2D eigenvalue weighted by atomic mass is 16.6. The molecular weight excluding hydrogens is 1070 g/mol. The molecule has 18 nitrogen and oxygen atoms in total. The summed E-state index contributed by atoms with van der Waals surface area (Å²) in [6.45, 7) is 8.01. The molecule has 84 heavy (non-hydrogen) atoms. The first-order valence-electron chi connectivity index (χ1n) is 27.3. The van der Waals surface area contributed by atoms with Gasteiger partial charge in [0.05, 0.1) is 39.2 Å². The van der Waals surface area contributed by atoms with Crippen molar-refractivity contribution in [2.24, 2.45) is 0 Å². The molecule has 7 aromatic rings. The summed E-state index contributed by atoms with van der Waals surface area (Å²) in [5, 5.41) is 30.2. The number of methoxy groups -OCH3 is 2. The smallest absolute Gasteiger partial charge is 0.343 e. The van der Waals surface area contributed by atoms with E-state index in [1.54, 1.807) is 144 Å². The SMILES string of the molecule is CCCCCCCOc1ccc(C(=O)Oc2ccc([C@H](NC(=O)c3ccc(NC(=O)Cc4ccc(OC)cc4)cc3)C(=O)O)cc2)cc1.COc1ccc(CC(=O)Nc2ccc(C(=O)N[C@H](C(=O)OC(C)(C)C)c3ccc(O)cc3)cc2)cc1. The number of nitrogens with one attached hydrogen (secondary N) is 4. The summed E-state index contributed by atoms with van der Waals surface area (Å²) >= 11 is 0. The molecule has 18 heteroatoms. The number of aromatic hydroxyl groups is 1. The van der Waals surface area contributed by atoms with Crippen molar-refractivity contribution in [2.45, 2.75) is 90.3 Å². The van der Waals surface area contributed by atoms with Crippen LogP contribution in [-0.2, 0) is 36.8 Å². The van der Waals surface area contributed by atoms with Crippen LogP contribution in [-0.4, -0.2) is 78.2 Å². The minimum Gasteiger partial charge on any atom is -0.508 e. The predicted molar refractivity (Wildman–Crippen MR) is 318 cm³/mol. The summed E-state index contributed by atoms with van der Waals surface area (Å²) in [6, 6.07) is 43.0. The van der Waals surface area contributed by atoms with Crippen LogP contribution in [0.5, 0.6) is 28.7 Å². The molecule has 0 aromatic heterocycles. The number of aliphatic carboxylic acids is 1. The van der Waals surface area contributed by atoms with E-state index in [1.807, 2.05) is 12.1 Å². The first kappa shape index (κ1) is 63.2. The topological polar surface area (TPSA) is 254 Å². The van der Waals surface area contributed by atoms with E-state index >= 15 is 0 Å². The Morgan fingerprint density at radius 2 is 0.905 bits per heavy atom. The predicted octanol–water partition coefficient (Wildman–Crippen LogP) is 11.4. The number of carbonyl (C=O) groups is 7. The first-order chi connectivity index (χ1) is 40.3. The van der Waals surface area contributed by atoms with Crippen molar-refractivity contribution in [3.63, 3.8) is 0 Å². The Kier molecular flexibility index (Phi) is 23.6. The fourth-order valence-corrected chi connectivity index (χ4v) is 8.18. The van der Waals surface area contributed by atoms with Gasteiger partial charge in [0.15, 0.2) is 12.1 Å². The Hall–Kier alpha value is -9.97. The number of esters is 2. The van der Waals surface area contributed by atoms with E-state index in [4.69, 9.17) is 23.7 Å². The molecule has 0 aliphatic carbocycles. The van der Waals surface area contributed by atoms with Crippen LogP contribution >= 0.6 is 0 Å². The van der Waals surface area contributed by atoms with Gasteiger partial charge in [0, 0.05) is 22.5 Å². The number of ether oxygens (including phenoxy) is 5. The molecule has 2 atom stereocenters. The van der Waals surface area contributed by atoms with Gasteiger partial charge in [-0.2, -0.15) is 0 Å². The van der Waals surface area contributed by atoms with Crippen LogP contribution in [0, 0.1) is 0 Å². The molecule has 0 saturated carbocycles. The molecular formula is C66H70N4O14. The molecule has 0 aliphatic rings. The number of hydrogen-bond acceptors (Lipinski definition) is 13. The van der Waals surface area contributed by atoms with Crippen LogP contribution in [0.25, 0.3) is 0 Å². The zero-order valence-corrected chi connectivity index (χ0v) is 47.8. The van der Waals surface area contributed by atoms with Crippen molar-refractivity contribution in [1.29, 1.82) is 0 Å². The van der Waals surface area contributed by atoms with Crippen LogP contribution in [0.2, 0.25) is 0 Å². The molecule has 0 spiro atoms. The third kappa shape index (κ3) is 20.5. The minimum absolute atomic E-state index is 0.0395. The maximum atomic E-state index is 12.9. The van der Waals surface area contributed by atoms with Crippen LogP contribution in [0.3, 0.4) is 0 Å². The highest BCUT2D eigenvalue weighted by Crippen LogP contribution is 2.25. The second kappa shape index (κ2) is 31.3. The fraction of sp³-hybridized carbons (Fsp3) is 0.258. The quantitative estimate of drug-likeness (QED) is 0.0177. The molecule has 0 saturated heterocycles. The highest BCUT2D eigenvalue weighted by molar-refractivity contribution is 5.99. The van der Waals surface area contributed by atoms with Gasteiger partial charge >= 0.3 is 17.9 Å². The molecule has 0 fully saturated rings. The van der Waals surface area contributed by atoms with Gasteiger partial charge in [0.1, 0.15) is 34.3 Å². The first-order valence-corrected chi connectivity index (χ1v) is 27.3. The number of hydrogen-bond donors (Lipinski definition) is 6. The molecule has 0 aliphatic heterocycles. The maximum Gasteiger partial charge on any atom is 0.343 e. The molecule has 0 radical (unpaired) electrons. The lowest BCUT2D eigenvalue weighted by atomic mass is 10.1. The Morgan fingerprint density at radius 1 is 0.488 bits per heavy atom. The van der Waals surface area contributed by atoms with Gasteiger partial charge in [-0.25, -0.2) is 14.4 Å². The van der Waals surface area contributed by atoms with Gasteiger partial charge in [0.2, 0.25) is 11.8 Å². The lowest BCUT2D eigenvalue weighted by molar-refractivity contribution is -0.157. The van der Waals surface area contributed by atoms with E-state index < -0.39 is 47.4 Å². The third-order valence-electron chi connectivity index (χ3n) is 12.6. The van der Waals surface area contributed by atoms with Crippen LogP contribution < -0.4 is 40.2 Å². The van der Waals surface area contributed by atoms with Crippen molar-refractivity contribution in [3.8, 4) is 28.7 Å². The maximum absolute atomic E-state index is 12.9. The van der Waals surface area contributed by atoms with Crippen molar-refractivity contribution in [2.75, 3.05) is 31.5 Å². The van der Waals surface area contributed by atoms with Gasteiger partial charge in [0.25, 0.3) is 11.8 Å². The van der Waals surface area contributed by atoms with Crippen molar-refractivity contribution >= 4 is 52.9 Å². The number of amides is 4. The number of carbonyl (C=O) groups excluding carboxylic acids is 6. The molecule has 0 bridgehead atoms. The zero-order valence-electron chi connectivity index (χ0n) is 47.8. The molecule has 438 valence electrons. The van der Waals surface area contributed by atoms with Gasteiger partial charge in [-0.05, 0) is 171 Å². The summed E-state index contributed by atoms with van der Waals surface area (Å²) in [6.07, 6.45) is 6.07. The summed E-state index contributed by atoms with van der Waals surface area (Å²) < 4.78 is 26.9. The lowest BCUT2D eigenvalue weighted by Gasteiger charge is -2.25. The van der Waals surface area contributed by atoms with E-state index in [1.165, 1.54) is 67.8 Å². The van der Waals surface area contributed by atoms with Gasteiger partial charge in [-0.1, -0.05) is 81.1 Å². The van der Waals surface area contributed by atoms with Crippen LogP contribution in [0.4, 0.5) is 11.4 Å². The molecule has 6 N–H and O–H groups in total. The number of benzene rings is 7. The molecule has 0 heterocycles. The number of anilines is 2. The second-order valence-corrected chi connectivity index (χ2v) is 20.3. The van der Waals surface area contributed by atoms with E-state index in [-0.39, 0.29) is 47.3 Å². The van der Waals surface area contributed by atoms with E-state index in [9.17, 15) is 43.8 Å². The van der Waals surface area contributed by atoms with Gasteiger partial charge in [-0.3, -0.25) is 19.2 Å². The van der Waals surface area contributed by atoms with Crippen LogP contribution in [0.1, 0.15) is 125 Å². The Labute approximate surface area is 488 Å². The highest BCUT2D eigenvalue weighted by Gasteiger charge is 2.29. The molecule has 7 rings (SSSR count). The normalized spacial score (nSPS) is 11.5. The number of unbranched alkanes of at least 4 members (excludes halogenated alkanes) is 4. The number of phenols is 1. The fourth-order valence-electron chi connectivity index (χ4n) is 8.18. The number of carboxylic acid groups (broad SMARTS) is 1. The van der Waals surface area contributed by atoms with Crippen molar-refractivity contribution in [3.05, 3.63) is 209 Å². The standard InChI is InChI=1S/C38H40N2O8.C28H30N2O6/c1-3-4-5-6-7-24-47-32-20-14-29(15-21-32)38(45)48-33-22-12-27(13-23-33)35(37(43)44)40-36(42)28-10-16-30(17-11-28)39-34(41)25-26-8-18-31(46-2)19-9-26;1-28(2,3)36-27(34)25(19-9-13-22(31)14-10-19)30-26(33)20-7-11-21(12-8-20)29-24(32)17-18-5-15-23(35-4)16-6-18/h8-23,35H,3-7,24-25H2,1-2H3,(H,39,41)(H,40,42)(H,43,44);5-16,25,31H,17H2,1-4H3,(H,29,32)(H,30,33)/t35-;25-/m00/s1. The largest absolute Gasteiger partial charge is 0.508 e. The number of phenolic OH excluding ortho intramolecular Hbond substituents is 1. The molecule has 7 aromatic carbocycles. The zero-order chi connectivity index (χ0) is 60.6. The monoisotopic (exact) mass is 1140 g/mol. The Bertz CT molecular complexity index is 3290. The number of rotatable bonds is 25.